The number of aromatic nitrogens is 1. The van der Waals surface area contributed by atoms with Gasteiger partial charge in [-0.1, -0.05) is 17.7 Å². The third-order valence-electron chi connectivity index (χ3n) is 2.40. The lowest BCUT2D eigenvalue weighted by Gasteiger charge is -2.08. The molecule has 3 nitrogen and oxygen atoms in total. The third kappa shape index (κ3) is 3.11. The van der Waals surface area contributed by atoms with E-state index >= 15 is 0 Å². The molecule has 17 heavy (non-hydrogen) atoms. The van der Waals surface area contributed by atoms with Crippen LogP contribution < -0.4 is 11.1 Å². The van der Waals surface area contributed by atoms with Crippen LogP contribution in [0.3, 0.4) is 0 Å². The number of nitrogens with one attached hydrogen (secondary N) is 1. The largest absolute Gasteiger partial charge is 0.399 e. The molecule has 3 N–H and O–H groups in total. The van der Waals surface area contributed by atoms with Crippen molar-refractivity contribution in [3.8, 4) is 0 Å². The van der Waals surface area contributed by atoms with E-state index in [0.29, 0.717) is 17.3 Å². The highest BCUT2D eigenvalue weighted by Crippen LogP contribution is 2.24. The molecular formula is C13H14ClN3. The molecule has 0 spiro atoms. The Bertz CT molecular complexity index is 526. The summed E-state index contributed by atoms with van der Waals surface area (Å²) in [5.74, 6) is 0. The van der Waals surface area contributed by atoms with Gasteiger partial charge in [-0.15, -0.1) is 0 Å². The number of aryl methyl sites for hydroxylation is 1. The van der Waals surface area contributed by atoms with Gasteiger partial charge in [-0.2, -0.15) is 0 Å². The molecule has 0 atom stereocenters. The highest BCUT2D eigenvalue weighted by atomic mass is 35.5. The van der Waals surface area contributed by atoms with Crippen molar-refractivity contribution < 1.29 is 0 Å². The van der Waals surface area contributed by atoms with Crippen LogP contribution in [0.4, 0.5) is 11.4 Å². The Hall–Kier alpha value is -1.74. The summed E-state index contributed by atoms with van der Waals surface area (Å²) in [6, 6.07) is 11.4. The monoisotopic (exact) mass is 247 g/mol. The van der Waals surface area contributed by atoms with E-state index in [9.17, 15) is 0 Å². The number of benzene rings is 1. The van der Waals surface area contributed by atoms with Crippen LogP contribution in [0, 0.1) is 6.92 Å². The lowest BCUT2D eigenvalue weighted by atomic mass is 10.2. The summed E-state index contributed by atoms with van der Waals surface area (Å²) in [6.45, 7) is 2.62. The van der Waals surface area contributed by atoms with Crippen molar-refractivity contribution in [3.05, 3.63) is 52.8 Å². The Morgan fingerprint density at radius 3 is 2.82 bits per heavy atom. The van der Waals surface area contributed by atoms with Crippen LogP contribution in [0.2, 0.25) is 5.02 Å². The van der Waals surface area contributed by atoms with E-state index in [1.165, 1.54) is 0 Å². The van der Waals surface area contributed by atoms with Gasteiger partial charge in [0.1, 0.15) is 0 Å². The predicted molar refractivity (Wildman–Crippen MR) is 72.2 cm³/mol. The molecule has 0 aliphatic rings. The fourth-order valence-electron chi connectivity index (χ4n) is 1.56. The molecule has 1 aromatic heterocycles. The first-order valence-electron chi connectivity index (χ1n) is 5.36. The zero-order valence-corrected chi connectivity index (χ0v) is 10.3. The maximum atomic E-state index is 6.06. The average molecular weight is 248 g/mol. The number of nitrogens with two attached hydrogens (primary N) is 1. The van der Waals surface area contributed by atoms with Gasteiger partial charge >= 0.3 is 0 Å². The van der Waals surface area contributed by atoms with Gasteiger partial charge in [0.25, 0.3) is 0 Å². The standard InChI is InChI=1S/C13H14ClN3/c1-9-3-2-4-11(17-9)8-16-13-6-5-10(15)7-12(13)14/h2-7,16H,8,15H2,1H3. The molecule has 2 rings (SSSR count). The second kappa shape index (κ2) is 5.06. The normalized spacial score (nSPS) is 10.2. The predicted octanol–water partition coefficient (Wildman–Crippen LogP) is 3.24. The lowest BCUT2D eigenvalue weighted by Crippen LogP contribution is -2.02. The first-order valence-corrected chi connectivity index (χ1v) is 5.74. The van der Waals surface area contributed by atoms with E-state index in [1.807, 2.05) is 37.3 Å². The van der Waals surface area contributed by atoms with Gasteiger partial charge in [0.05, 0.1) is 22.9 Å². The number of nitrogens with zero attached hydrogens (tertiary/aromatic N) is 1. The van der Waals surface area contributed by atoms with Gasteiger partial charge in [0.2, 0.25) is 0 Å². The number of anilines is 2. The molecule has 0 aliphatic heterocycles. The Balaban J connectivity index is 2.07. The SMILES string of the molecule is Cc1cccc(CNc2ccc(N)cc2Cl)n1. The van der Waals surface area contributed by atoms with Gasteiger partial charge < -0.3 is 11.1 Å². The number of nitrogen functional groups attached to an aromatic ring is 1. The molecule has 1 aromatic carbocycles. The third-order valence-corrected chi connectivity index (χ3v) is 2.71. The fourth-order valence-corrected chi connectivity index (χ4v) is 1.81. The van der Waals surface area contributed by atoms with E-state index in [-0.39, 0.29) is 0 Å². The molecule has 88 valence electrons. The van der Waals surface area contributed by atoms with Crippen LogP contribution in [0.5, 0.6) is 0 Å². The molecule has 4 heteroatoms. The van der Waals surface area contributed by atoms with Gasteiger partial charge in [-0.25, -0.2) is 0 Å². The summed E-state index contributed by atoms with van der Waals surface area (Å²) in [4.78, 5) is 4.41. The summed E-state index contributed by atoms with van der Waals surface area (Å²) in [7, 11) is 0. The Labute approximate surface area is 106 Å². The van der Waals surface area contributed by atoms with Gasteiger partial charge in [0, 0.05) is 11.4 Å². The minimum Gasteiger partial charge on any atom is -0.399 e. The Kier molecular flexibility index (Phi) is 3.49. The van der Waals surface area contributed by atoms with Crippen molar-refractivity contribution >= 4 is 23.0 Å². The van der Waals surface area contributed by atoms with Crippen molar-refractivity contribution in [2.45, 2.75) is 13.5 Å². The van der Waals surface area contributed by atoms with Gasteiger partial charge in [-0.3, -0.25) is 4.98 Å². The van der Waals surface area contributed by atoms with Crippen LogP contribution in [0.15, 0.2) is 36.4 Å². The van der Waals surface area contributed by atoms with E-state index in [1.54, 1.807) is 6.07 Å². The summed E-state index contributed by atoms with van der Waals surface area (Å²) in [5.41, 5.74) is 9.15. The average Bonchev–Trinajstić information content (AvgIpc) is 2.28. The molecule has 0 bridgehead atoms. The summed E-state index contributed by atoms with van der Waals surface area (Å²) < 4.78 is 0. The number of pyridine rings is 1. The maximum absolute atomic E-state index is 6.06. The number of hydrogen-bond donors (Lipinski definition) is 2. The summed E-state index contributed by atoms with van der Waals surface area (Å²) >= 11 is 6.06. The summed E-state index contributed by atoms with van der Waals surface area (Å²) in [6.07, 6.45) is 0. The highest BCUT2D eigenvalue weighted by molar-refractivity contribution is 6.33. The molecule has 0 amide bonds. The van der Waals surface area contributed by atoms with Crippen molar-refractivity contribution in [2.24, 2.45) is 0 Å². The molecule has 1 heterocycles. The minimum atomic E-state index is 0.623. The van der Waals surface area contributed by atoms with Crippen molar-refractivity contribution in [1.29, 1.82) is 0 Å². The summed E-state index contributed by atoms with van der Waals surface area (Å²) in [5, 5.41) is 3.86. The van der Waals surface area contributed by atoms with Crippen molar-refractivity contribution in [2.75, 3.05) is 11.1 Å². The van der Waals surface area contributed by atoms with Crippen LogP contribution in [-0.4, -0.2) is 4.98 Å². The Morgan fingerprint density at radius 2 is 2.12 bits per heavy atom. The molecule has 0 saturated heterocycles. The smallest absolute Gasteiger partial charge is 0.0658 e. The molecule has 0 radical (unpaired) electrons. The topological polar surface area (TPSA) is 50.9 Å². The van der Waals surface area contributed by atoms with E-state index in [4.69, 9.17) is 17.3 Å². The first kappa shape index (κ1) is 11.7. The fraction of sp³-hybridized carbons (Fsp3) is 0.154. The molecule has 0 unspecified atom stereocenters. The van der Waals surface area contributed by atoms with E-state index in [2.05, 4.69) is 10.3 Å². The van der Waals surface area contributed by atoms with Crippen LogP contribution in [-0.2, 0) is 6.54 Å². The molecule has 0 aliphatic carbocycles. The highest BCUT2D eigenvalue weighted by Gasteiger charge is 2.01. The Morgan fingerprint density at radius 1 is 1.29 bits per heavy atom. The number of hydrogen-bond acceptors (Lipinski definition) is 3. The second-order valence-corrected chi connectivity index (χ2v) is 4.27. The van der Waals surface area contributed by atoms with Crippen molar-refractivity contribution in [1.82, 2.24) is 4.98 Å². The zero-order chi connectivity index (χ0) is 12.3. The van der Waals surface area contributed by atoms with Crippen molar-refractivity contribution in [3.63, 3.8) is 0 Å². The quantitative estimate of drug-likeness (QED) is 0.819. The first-order chi connectivity index (χ1) is 8.15. The number of rotatable bonds is 3. The van der Waals surface area contributed by atoms with Crippen LogP contribution >= 0.6 is 11.6 Å². The maximum Gasteiger partial charge on any atom is 0.0658 e. The minimum absolute atomic E-state index is 0.623. The molecule has 0 saturated carbocycles. The van der Waals surface area contributed by atoms with E-state index < -0.39 is 0 Å². The number of halogens is 1. The van der Waals surface area contributed by atoms with Crippen LogP contribution in [0.1, 0.15) is 11.4 Å². The van der Waals surface area contributed by atoms with Crippen LogP contribution in [0.25, 0.3) is 0 Å². The lowest BCUT2D eigenvalue weighted by molar-refractivity contribution is 1.02. The van der Waals surface area contributed by atoms with Gasteiger partial charge in [-0.05, 0) is 37.3 Å². The zero-order valence-electron chi connectivity index (χ0n) is 9.57. The van der Waals surface area contributed by atoms with E-state index in [0.717, 1.165) is 17.1 Å². The molecule has 0 fully saturated rings. The second-order valence-electron chi connectivity index (χ2n) is 3.86. The molecule has 2 aromatic rings. The molecular weight excluding hydrogens is 234 g/mol. The van der Waals surface area contributed by atoms with Gasteiger partial charge in [0.15, 0.2) is 0 Å².